The molecule has 0 aliphatic heterocycles. The van der Waals surface area contributed by atoms with Gasteiger partial charge in [-0.05, 0) is 37.5 Å². The summed E-state index contributed by atoms with van der Waals surface area (Å²) < 4.78 is 17.1. The number of esters is 3. The fourth-order valence-electron chi connectivity index (χ4n) is 10.8. The molecule has 0 heterocycles. The van der Waals surface area contributed by atoms with Crippen molar-refractivity contribution >= 4 is 17.9 Å². The van der Waals surface area contributed by atoms with Crippen LogP contribution in [0.2, 0.25) is 0 Å². The van der Waals surface area contributed by atoms with E-state index in [0.717, 1.165) is 57.8 Å². The lowest BCUT2D eigenvalue weighted by atomic mass is 10.0. The molecule has 1 aromatic carbocycles. The Balaban J connectivity index is 2.39. The number of ether oxygens (including phenoxy) is 3. The van der Waals surface area contributed by atoms with E-state index in [0.29, 0.717) is 19.8 Å². The summed E-state index contributed by atoms with van der Waals surface area (Å²) in [6.45, 7) is 7.81. The third-order valence-corrected chi connectivity index (χ3v) is 15.9. The van der Waals surface area contributed by atoms with E-state index in [4.69, 9.17) is 14.2 Å². The van der Waals surface area contributed by atoms with Gasteiger partial charge in [-0.3, -0.25) is 0 Å². The van der Waals surface area contributed by atoms with Gasteiger partial charge in [0.15, 0.2) is 0 Å². The molecular formula is C69H126O6. The van der Waals surface area contributed by atoms with Gasteiger partial charge >= 0.3 is 17.9 Å². The number of carbonyl (C=O) groups is 3. The van der Waals surface area contributed by atoms with Gasteiger partial charge in [0, 0.05) is 0 Å². The molecule has 1 rings (SSSR count). The summed E-state index contributed by atoms with van der Waals surface area (Å²) >= 11 is 0. The van der Waals surface area contributed by atoms with Gasteiger partial charge in [-0.2, -0.15) is 0 Å². The van der Waals surface area contributed by atoms with Crippen LogP contribution in [0.5, 0.6) is 0 Å². The van der Waals surface area contributed by atoms with Crippen molar-refractivity contribution in [1.82, 2.24) is 0 Å². The first-order chi connectivity index (χ1) is 37.0. The van der Waals surface area contributed by atoms with Crippen LogP contribution in [-0.2, 0) is 14.2 Å². The number of unbranched alkanes of at least 4 members (excludes halogenated alkanes) is 51. The smallest absolute Gasteiger partial charge is 0.339 e. The number of rotatable bonds is 60. The molecule has 0 fully saturated rings. The van der Waals surface area contributed by atoms with E-state index >= 15 is 0 Å². The van der Waals surface area contributed by atoms with Crippen LogP contribution in [0.25, 0.3) is 0 Å². The molecule has 0 saturated heterocycles. The third kappa shape index (κ3) is 47.4. The first-order valence-electron chi connectivity index (χ1n) is 33.7. The first-order valence-corrected chi connectivity index (χ1v) is 33.7. The van der Waals surface area contributed by atoms with Crippen molar-refractivity contribution in [2.45, 2.75) is 367 Å². The molecule has 0 aromatic heterocycles. The summed E-state index contributed by atoms with van der Waals surface area (Å²) in [4.78, 5) is 40.1. The lowest BCUT2D eigenvalue weighted by Gasteiger charge is -2.12. The van der Waals surface area contributed by atoms with Gasteiger partial charge < -0.3 is 14.2 Å². The second-order valence-electron chi connectivity index (χ2n) is 23.2. The van der Waals surface area contributed by atoms with Gasteiger partial charge in [0.2, 0.25) is 0 Å². The number of hydrogen-bond donors (Lipinski definition) is 0. The van der Waals surface area contributed by atoms with Crippen LogP contribution >= 0.6 is 0 Å². The Morgan fingerprint density at radius 3 is 0.653 bits per heavy atom. The molecule has 0 radical (unpaired) electrons. The molecule has 6 nitrogen and oxygen atoms in total. The van der Waals surface area contributed by atoms with Crippen molar-refractivity contribution in [3.8, 4) is 0 Å². The summed E-state index contributed by atoms with van der Waals surface area (Å²) in [5.41, 5.74) is 0.501. The quantitative estimate of drug-likeness (QED) is 0.0367. The van der Waals surface area contributed by atoms with E-state index in [1.807, 2.05) is 0 Å². The molecule has 0 amide bonds. The van der Waals surface area contributed by atoms with Gasteiger partial charge in [-0.1, -0.05) is 348 Å². The Morgan fingerprint density at radius 1 is 0.240 bits per heavy atom. The lowest BCUT2D eigenvalue weighted by Crippen LogP contribution is -2.17. The second kappa shape index (κ2) is 57.8. The average Bonchev–Trinajstić information content (AvgIpc) is 3.42. The Bertz CT molecular complexity index is 1370. The number of hydrogen-bond acceptors (Lipinski definition) is 6. The summed E-state index contributed by atoms with van der Waals surface area (Å²) in [5, 5.41) is 0. The zero-order chi connectivity index (χ0) is 54.0. The van der Waals surface area contributed by atoms with Crippen LogP contribution in [0.3, 0.4) is 0 Å². The minimum absolute atomic E-state index is 0.0860. The minimum atomic E-state index is -0.583. The molecule has 0 aliphatic rings. The van der Waals surface area contributed by atoms with Crippen molar-refractivity contribution in [1.29, 1.82) is 0 Å². The molecule has 0 unspecified atom stereocenters. The molecular weight excluding hydrogens is 925 g/mol. The standard InChI is InChI=1S/C69H126O6/c1-4-7-10-13-16-19-22-25-28-31-34-37-40-43-46-49-52-55-60-73-67(70)64-58-59-65(68(71)74-61-56-53-50-47-44-41-38-35-32-29-26-23-20-17-14-11-8-5-2)66(63-64)69(72)75-62-57-54-51-48-45-42-39-36-33-30-27-24-21-18-15-12-9-6-3/h58-59,63H,4-57,60-62H2,1-3H3. The SMILES string of the molecule is CCCCCCCCCCCCCCCCCCCCOC(=O)c1ccc(C(=O)OCCCCCCCCCCCCCCCCCCCC)c(C(=O)OCCCCCCCCCCCCCCCCCCCC)c1. The van der Waals surface area contributed by atoms with Crippen LogP contribution in [-0.4, -0.2) is 37.7 Å². The van der Waals surface area contributed by atoms with E-state index in [-0.39, 0.29) is 16.7 Å². The Morgan fingerprint density at radius 2 is 0.427 bits per heavy atom. The van der Waals surface area contributed by atoms with E-state index in [1.165, 1.54) is 301 Å². The molecule has 6 heteroatoms. The molecule has 0 aliphatic carbocycles. The highest BCUT2D eigenvalue weighted by Crippen LogP contribution is 2.21. The van der Waals surface area contributed by atoms with Crippen LogP contribution < -0.4 is 0 Å². The number of benzene rings is 1. The Kier molecular flexibility index (Phi) is 54.4. The van der Waals surface area contributed by atoms with E-state index in [1.54, 1.807) is 6.07 Å². The van der Waals surface area contributed by atoms with Gasteiger partial charge in [-0.25, -0.2) is 14.4 Å². The van der Waals surface area contributed by atoms with Gasteiger partial charge in [0.25, 0.3) is 0 Å². The fourth-order valence-corrected chi connectivity index (χ4v) is 10.8. The molecule has 0 bridgehead atoms. The van der Waals surface area contributed by atoms with Gasteiger partial charge in [0.1, 0.15) is 0 Å². The molecule has 438 valence electrons. The topological polar surface area (TPSA) is 78.9 Å². The van der Waals surface area contributed by atoms with Crippen molar-refractivity contribution < 1.29 is 28.6 Å². The Hall–Kier alpha value is -2.37. The van der Waals surface area contributed by atoms with E-state index in [2.05, 4.69) is 20.8 Å². The maximum atomic E-state index is 13.5. The van der Waals surface area contributed by atoms with Crippen molar-refractivity contribution in [2.24, 2.45) is 0 Å². The van der Waals surface area contributed by atoms with E-state index in [9.17, 15) is 14.4 Å². The fraction of sp³-hybridized carbons (Fsp3) is 0.870. The summed E-state index contributed by atoms with van der Waals surface area (Å²) in [6, 6.07) is 4.60. The van der Waals surface area contributed by atoms with Crippen molar-refractivity contribution in [3.63, 3.8) is 0 Å². The average molecular weight is 1050 g/mol. The zero-order valence-electron chi connectivity index (χ0n) is 50.5. The van der Waals surface area contributed by atoms with Crippen LogP contribution in [0.1, 0.15) is 399 Å². The molecule has 1 aromatic rings. The monoisotopic (exact) mass is 1050 g/mol. The minimum Gasteiger partial charge on any atom is -0.462 e. The van der Waals surface area contributed by atoms with Crippen molar-refractivity contribution in [2.75, 3.05) is 19.8 Å². The number of carbonyl (C=O) groups excluding carboxylic acids is 3. The normalized spacial score (nSPS) is 11.4. The van der Waals surface area contributed by atoms with Gasteiger partial charge in [-0.15, -0.1) is 0 Å². The molecule has 0 N–H and O–H groups in total. The zero-order valence-corrected chi connectivity index (χ0v) is 50.5. The molecule has 75 heavy (non-hydrogen) atoms. The van der Waals surface area contributed by atoms with Crippen LogP contribution in [0.15, 0.2) is 18.2 Å². The first kappa shape index (κ1) is 70.6. The summed E-state index contributed by atoms with van der Waals surface area (Å²) in [7, 11) is 0. The second-order valence-corrected chi connectivity index (χ2v) is 23.2. The van der Waals surface area contributed by atoms with Crippen molar-refractivity contribution in [3.05, 3.63) is 34.9 Å². The predicted molar refractivity (Wildman–Crippen MR) is 324 cm³/mol. The summed E-state index contributed by atoms with van der Waals surface area (Å²) in [5.74, 6) is -1.60. The van der Waals surface area contributed by atoms with Gasteiger partial charge in [0.05, 0.1) is 36.5 Å². The predicted octanol–water partition coefficient (Wildman–Crippen LogP) is 23.3. The summed E-state index contributed by atoms with van der Waals surface area (Å²) in [6.07, 6.45) is 70.5. The maximum Gasteiger partial charge on any atom is 0.339 e. The third-order valence-electron chi connectivity index (χ3n) is 15.9. The lowest BCUT2D eigenvalue weighted by molar-refractivity contribution is 0.0447. The molecule has 0 atom stereocenters. The Labute approximate surface area is 466 Å². The van der Waals surface area contributed by atoms with E-state index < -0.39 is 17.9 Å². The highest BCUT2D eigenvalue weighted by molar-refractivity contribution is 6.05. The maximum absolute atomic E-state index is 13.5. The van der Waals surface area contributed by atoms with Crippen LogP contribution in [0.4, 0.5) is 0 Å². The molecule has 0 spiro atoms. The molecule has 0 saturated carbocycles. The largest absolute Gasteiger partial charge is 0.462 e. The van der Waals surface area contributed by atoms with Crippen LogP contribution in [0, 0.1) is 0 Å². The highest BCUT2D eigenvalue weighted by atomic mass is 16.5. The highest BCUT2D eigenvalue weighted by Gasteiger charge is 2.22.